The number of rotatable bonds is 5. The van der Waals surface area contributed by atoms with Gasteiger partial charge < -0.3 is 25.8 Å². The van der Waals surface area contributed by atoms with Crippen molar-refractivity contribution in [2.24, 2.45) is 0 Å². The first-order chi connectivity index (χ1) is 16.7. The van der Waals surface area contributed by atoms with Crippen LogP contribution in [0.5, 0.6) is 5.75 Å². The van der Waals surface area contributed by atoms with Crippen LogP contribution in [0.3, 0.4) is 0 Å². The molecule has 0 spiro atoms. The third-order valence-electron chi connectivity index (χ3n) is 6.83. The van der Waals surface area contributed by atoms with Gasteiger partial charge in [-0.05, 0) is 80.3 Å². The van der Waals surface area contributed by atoms with Gasteiger partial charge in [0.1, 0.15) is 11.6 Å². The molecule has 1 saturated carbocycles. The molecule has 2 aliphatic rings. The normalized spacial score (nSPS) is 21.9. The highest BCUT2D eigenvalue weighted by atomic mass is 19.4. The van der Waals surface area contributed by atoms with Crippen LogP contribution in [0, 0.1) is 0 Å². The lowest BCUT2D eigenvalue weighted by Crippen LogP contribution is -2.42. The molecule has 1 aliphatic heterocycles. The van der Waals surface area contributed by atoms with Crippen molar-refractivity contribution in [1.82, 2.24) is 9.88 Å². The van der Waals surface area contributed by atoms with Crippen molar-refractivity contribution in [3.63, 3.8) is 0 Å². The summed E-state index contributed by atoms with van der Waals surface area (Å²) in [5.41, 5.74) is 8.37. The fraction of sp³-hybridized carbons (Fsp3) is 0.520. The third kappa shape index (κ3) is 6.78. The van der Waals surface area contributed by atoms with Crippen LogP contribution in [0.15, 0.2) is 36.5 Å². The molecule has 2 atom stereocenters. The van der Waals surface area contributed by atoms with Gasteiger partial charge >= 0.3 is 6.36 Å². The van der Waals surface area contributed by atoms with Crippen molar-refractivity contribution in [1.29, 1.82) is 0 Å². The van der Waals surface area contributed by atoms with E-state index in [-0.39, 0.29) is 23.8 Å². The van der Waals surface area contributed by atoms with Gasteiger partial charge in [0.15, 0.2) is 0 Å². The number of carbonyl (C=O) groups is 1. The molecule has 1 aromatic heterocycles. The van der Waals surface area contributed by atoms with Gasteiger partial charge in [-0.15, -0.1) is 13.2 Å². The van der Waals surface area contributed by atoms with Crippen LogP contribution in [0.1, 0.15) is 66.8 Å². The van der Waals surface area contributed by atoms with Gasteiger partial charge in [-0.1, -0.05) is 6.42 Å². The van der Waals surface area contributed by atoms with E-state index in [0.717, 1.165) is 55.5 Å². The lowest BCUT2D eigenvalue weighted by molar-refractivity contribution is -0.274. The minimum atomic E-state index is -4.77. The number of aliphatic hydroxyl groups is 1. The van der Waals surface area contributed by atoms with Crippen molar-refractivity contribution in [2.45, 2.75) is 69.4 Å². The van der Waals surface area contributed by atoms with Crippen molar-refractivity contribution < 1.29 is 27.8 Å². The summed E-state index contributed by atoms with van der Waals surface area (Å²) in [4.78, 5) is 18.9. The van der Waals surface area contributed by atoms with Crippen LogP contribution in [-0.2, 0) is 0 Å². The summed E-state index contributed by atoms with van der Waals surface area (Å²) < 4.78 is 40.9. The Morgan fingerprint density at radius 1 is 1.09 bits per heavy atom. The molecule has 4 rings (SSSR count). The monoisotopic (exact) mass is 492 g/mol. The van der Waals surface area contributed by atoms with E-state index in [1.807, 2.05) is 6.20 Å². The number of nitrogens with one attached hydrogen (secondary N) is 1. The number of halogens is 3. The van der Waals surface area contributed by atoms with E-state index in [1.54, 1.807) is 4.90 Å². The molecule has 2 aromatic rings. The third-order valence-corrected chi connectivity index (χ3v) is 6.83. The lowest BCUT2D eigenvalue weighted by atomic mass is 9.92. The van der Waals surface area contributed by atoms with E-state index in [4.69, 9.17) is 5.73 Å². The van der Waals surface area contributed by atoms with Crippen LogP contribution in [0.4, 0.5) is 24.7 Å². The molecule has 0 radical (unpaired) electrons. The summed E-state index contributed by atoms with van der Waals surface area (Å²) in [5, 5.41) is 13.4. The van der Waals surface area contributed by atoms with Gasteiger partial charge in [0.05, 0.1) is 11.8 Å². The number of likely N-dealkylation sites (tertiary alicyclic amines) is 1. The van der Waals surface area contributed by atoms with Crippen molar-refractivity contribution in [2.75, 3.05) is 24.1 Å². The molecule has 7 nitrogen and oxygen atoms in total. The van der Waals surface area contributed by atoms with Gasteiger partial charge in [0.25, 0.3) is 5.91 Å². The highest BCUT2D eigenvalue weighted by molar-refractivity contribution is 5.94. The number of nitrogens with two attached hydrogens (primary N) is 1. The average Bonchev–Trinajstić information content (AvgIpc) is 3.04. The Balaban J connectivity index is 1.32. The number of aliphatic hydroxyl groups excluding tert-OH is 1. The number of anilines is 2. The van der Waals surface area contributed by atoms with Gasteiger partial charge in [0.2, 0.25) is 0 Å². The van der Waals surface area contributed by atoms with E-state index in [1.165, 1.54) is 12.1 Å². The quantitative estimate of drug-likeness (QED) is 0.524. The molecule has 1 aromatic carbocycles. The Hall–Kier alpha value is -3.01. The van der Waals surface area contributed by atoms with Crippen LogP contribution >= 0.6 is 0 Å². The minimum absolute atomic E-state index is 0.122. The number of pyridine rings is 1. The topological polar surface area (TPSA) is 101 Å². The number of hydrogen-bond donors (Lipinski definition) is 3. The summed E-state index contributed by atoms with van der Waals surface area (Å²) in [6.45, 7) is 1.04. The number of alkyl halides is 3. The zero-order chi connectivity index (χ0) is 25.0. The lowest BCUT2D eigenvalue weighted by Gasteiger charge is -2.33. The molecule has 10 heteroatoms. The van der Waals surface area contributed by atoms with Crippen LogP contribution < -0.4 is 15.8 Å². The number of benzene rings is 1. The minimum Gasteiger partial charge on any atom is -0.406 e. The highest BCUT2D eigenvalue weighted by Crippen LogP contribution is 2.34. The molecule has 2 fully saturated rings. The van der Waals surface area contributed by atoms with Crippen LogP contribution in [-0.4, -0.2) is 52.5 Å². The molecule has 1 saturated heterocycles. The molecule has 35 heavy (non-hydrogen) atoms. The Morgan fingerprint density at radius 3 is 2.49 bits per heavy atom. The molecule has 1 amide bonds. The van der Waals surface area contributed by atoms with Gasteiger partial charge in [-0.25, -0.2) is 4.98 Å². The number of piperidine rings is 1. The predicted molar refractivity (Wildman–Crippen MR) is 126 cm³/mol. The van der Waals surface area contributed by atoms with E-state index in [0.29, 0.717) is 43.2 Å². The molecule has 2 heterocycles. The van der Waals surface area contributed by atoms with Crippen LogP contribution in [0.25, 0.3) is 0 Å². The maximum absolute atomic E-state index is 12.8. The van der Waals surface area contributed by atoms with Gasteiger partial charge in [0, 0.05) is 30.9 Å². The fourth-order valence-electron chi connectivity index (χ4n) is 4.87. The zero-order valence-corrected chi connectivity index (χ0v) is 19.4. The fourth-order valence-corrected chi connectivity index (χ4v) is 4.87. The van der Waals surface area contributed by atoms with E-state index in [2.05, 4.69) is 21.1 Å². The van der Waals surface area contributed by atoms with Gasteiger partial charge in [-0.3, -0.25) is 4.79 Å². The largest absolute Gasteiger partial charge is 0.573 e. The SMILES string of the molecule is Nc1ncc(C2CCCC(O)CC2)cc1NC1CCN(C(=O)c2ccc(OC(F)(F)F)cc2)CC1. The standard InChI is InChI=1S/C25H31F3N4O3/c26-25(27,28)35-21-8-5-17(6-9-21)24(34)32-12-10-19(11-13-32)31-22-14-18(15-30-23(22)29)16-2-1-3-20(33)7-4-16/h5-6,8-9,14-16,19-20,31,33H,1-4,7,10-13H2,(H2,29,30). The Bertz CT molecular complexity index is 1010. The maximum Gasteiger partial charge on any atom is 0.573 e. The number of ether oxygens (including phenoxy) is 1. The van der Waals surface area contributed by atoms with Crippen molar-refractivity contribution in [3.8, 4) is 5.75 Å². The molecule has 0 bridgehead atoms. The molecule has 4 N–H and O–H groups in total. The summed E-state index contributed by atoms with van der Waals surface area (Å²) >= 11 is 0. The predicted octanol–water partition coefficient (Wildman–Crippen LogP) is 4.69. The number of hydrogen-bond acceptors (Lipinski definition) is 6. The molecular weight excluding hydrogens is 461 g/mol. The number of nitrogen functional groups attached to an aromatic ring is 1. The first-order valence-corrected chi connectivity index (χ1v) is 12.0. The van der Waals surface area contributed by atoms with Crippen molar-refractivity contribution in [3.05, 3.63) is 47.7 Å². The van der Waals surface area contributed by atoms with E-state index >= 15 is 0 Å². The van der Waals surface area contributed by atoms with Gasteiger partial charge in [-0.2, -0.15) is 0 Å². The Kier molecular flexibility index (Phi) is 7.69. The zero-order valence-electron chi connectivity index (χ0n) is 19.4. The number of aromatic nitrogens is 1. The highest BCUT2D eigenvalue weighted by Gasteiger charge is 2.31. The second-order valence-electron chi connectivity index (χ2n) is 9.34. The molecular formula is C25H31F3N4O3. The first-order valence-electron chi connectivity index (χ1n) is 12.0. The summed E-state index contributed by atoms with van der Waals surface area (Å²) in [7, 11) is 0. The average molecular weight is 493 g/mol. The summed E-state index contributed by atoms with van der Waals surface area (Å²) in [6, 6.07) is 7.17. The number of amides is 1. The maximum atomic E-state index is 12.8. The Labute approximate surface area is 202 Å². The Morgan fingerprint density at radius 2 is 1.80 bits per heavy atom. The second kappa shape index (κ2) is 10.7. The second-order valence-corrected chi connectivity index (χ2v) is 9.34. The van der Waals surface area contributed by atoms with Crippen LogP contribution in [0.2, 0.25) is 0 Å². The number of nitrogens with zero attached hydrogens (tertiary/aromatic N) is 2. The summed E-state index contributed by atoms with van der Waals surface area (Å²) in [6.07, 6.45) is 2.83. The smallest absolute Gasteiger partial charge is 0.406 e. The van der Waals surface area contributed by atoms with E-state index in [9.17, 15) is 23.1 Å². The first kappa shape index (κ1) is 25.1. The number of carbonyl (C=O) groups excluding carboxylic acids is 1. The van der Waals surface area contributed by atoms with E-state index < -0.39 is 6.36 Å². The summed E-state index contributed by atoms with van der Waals surface area (Å²) in [5.74, 6) is 0.210. The molecule has 1 aliphatic carbocycles. The molecule has 2 unspecified atom stereocenters. The van der Waals surface area contributed by atoms with Crippen molar-refractivity contribution >= 4 is 17.4 Å². The molecule has 190 valence electrons.